The Morgan fingerprint density at radius 1 is 0.500 bits per heavy atom. The average molecular weight is 508 g/mol. The van der Waals surface area contributed by atoms with Gasteiger partial charge in [0.2, 0.25) is 0 Å². The van der Waals surface area contributed by atoms with Crippen LogP contribution >= 0.6 is 14.3 Å². The highest BCUT2D eigenvalue weighted by molar-refractivity contribution is 7.82. The van der Waals surface area contributed by atoms with E-state index in [4.69, 9.17) is 0 Å². The largest absolute Gasteiger partial charge is 0.314 e. The van der Waals surface area contributed by atoms with E-state index < -0.39 is 19.9 Å². The highest BCUT2D eigenvalue weighted by Gasteiger charge is 2.43. The van der Waals surface area contributed by atoms with Gasteiger partial charge in [-0.1, -0.05) is 127 Å². The van der Waals surface area contributed by atoms with Gasteiger partial charge < -0.3 is 9.13 Å². The van der Waals surface area contributed by atoms with Gasteiger partial charge in [0.15, 0.2) is 7.14 Å². The van der Waals surface area contributed by atoms with Crippen molar-refractivity contribution in [3.05, 3.63) is 151 Å². The fraction of sp³-hybridized carbons (Fsp3) is 0.0645. The van der Waals surface area contributed by atoms with Crippen molar-refractivity contribution in [3.8, 4) is 0 Å². The van der Waals surface area contributed by atoms with Crippen molar-refractivity contribution < 1.29 is 9.13 Å². The fourth-order valence-corrected chi connectivity index (χ4v) is 11.8. The van der Waals surface area contributed by atoms with Crippen molar-refractivity contribution in [1.29, 1.82) is 0 Å². The molecule has 1 aromatic heterocycles. The summed E-state index contributed by atoms with van der Waals surface area (Å²) in [7, 11) is -6.52. The maximum Gasteiger partial charge on any atom is 0.152 e. The Labute approximate surface area is 212 Å². The molecule has 0 saturated carbocycles. The molecule has 5 rings (SSSR count). The van der Waals surface area contributed by atoms with E-state index in [9.17, 15) is 0 Å². The third-order valence-corrected chi connectivity index (χ3v) is 13.4. The lowest BCUT2D eigenvalue weighted by Crippen LogP contribution is -2.28. The zero-order chi connectivity index (χ0) is 24.8. The van der Waals surface area contributed by atoms with Crippen LogP contribution in [0.4, 0.5) is 0 Å². The van der Waals surface area contributed by atoms with Gasteiger partial charge in [-0.15, -0.1) is 0 Å². The Morgan fingerprint density at radius 2 is 0.889 bits per heavy atom. The standard InChI is InChI=1S/C31H27NO2P2/c33-35(26-15-5-1-6-16-26,27-17-7-2-8-18-27)25-31(30-23-13-14-24-32-30)36(34,28-19-9-3-10-20-28)29-21-11-4-12-22-29/h1-24,31H,25H2. The summed E-state index contributed by atoms with van der Waals surface area (Å²) >= 11 is 0. The first-order valence-corrected chi connectivity index (χ1v) is 15.6. The molecule has 0 bridgehead atoms. The summed E-state index contributed by atoms with van der Waals surface area (Å²) < 4.78 is 30.7. The molecule has 0 spiro atoms. The van der Waals surface area contributed by atoms with Crippen LogP contribution in [-0.4, -0.2) is 11.1 Å². The topological polar surface area (TPSA) is 47.0 Å². The lowest BCUT2D eigenvalue weighted by atomic mass is 10.3. The van der Waals surface area contributed by atoms with Crippen molar-refractivity contribution in [2.75, 3.05) is 6.16 Å². The Morgan fingerprint density at radius 3 is 1.28 bits per heavy atom. The zero-order valence-electron chi connectivity index (χ0n) is 19.8. The summed E-state index contributed by atoms with van der Waals surface area (Å²) in [6.45, 7) is 0. The second-order valence-corrected chi connectivity index (χ2v) is 14.5. The molecule has 1 unspecified atom stereocenters. The smallest absolute Gasteiger partial charge is 0.152 e. The lowest BCUT2D eigenvalue weighted by molar-refractivity contribution is 0.573. The lowest BCUT2D eigenvalue weighted by Gasteiger charge is -2.32. The van der Waals surface area contributed by atoms with Crippen LogP contribution in [0.2, 0.25) is 0 Å². The number of rotatable bonds is 8. The predicted octanol–water partition coefficient (Wildman–Crippen LogP) is 6.15. The van der Waals surface area contributed by atoms with Crippen LogP contribution in [0.25, 0.3) is 0 Å². The molecule has 0 aliphatic heterocycles. The fourth-order valence-electron chi connectivity index (χ4n) is 4.72. The minimum atomic E-state index is -3.33. The molecule has 1 heterocycles. The number of hydrogen-bond donors (Lipinski definition) is 0. The van der Waals surface area contributed by atoms with Crippen LogP contribution in [0.5, 0.6) is 0 Å². The summed E-state index contributed by atoms with van der Waals surface area (Å²) in [5, 5.41) is 2.98. The molecule has 0 aliphatic rings. The molecule has 3 nitrogen and oxygen atoms in total. The third-order valence-electron chi connectivity index (χ3n) is 6.52. The summed E-state index contributed by atoms with van der Waals surface area (Å²) in [6, 6.07) is 44.0. The van der Waals surface area contributed by atoms with Gasteiger partial charge in [-0.05, 0) is 12.1 Å². The van der Waals surface area contributed by atoms with Gasteiger partial charge in [0.05, 0.1) is 11.4 Å². The van der Waals surface area contributed by atoms with Crippen LogP contribution < -0.4 is 21.2 Å². The molecular weight excluding hydrogens is 480 g/mol. The minimum Gasteiger partial charge on any atom is -0.314 e. The summed E-state index contributed by atoms with van der Waals surface area (Å²) in [4.78, 5) is 4.67. The first-order valence-electron chi connectivity index (χ1n) is 11.9. The molecular formula is C31H27NO2P2. The van der Waals surface area contributed by atoms with Gasteiger partial charge >= 0.3 is 0 Å². The van der Waals surface area contributed by atoms with Crippen LogP contribution in [0, 0.1) is 0 Å². The van der Waals surface area contributed by atoms with Crippen LogP contribution in [-0.2, 0) is 9.13 Å². The SMILES string of the molecule is O=P(CC(c1ccccn1)P(=O)(c1ccccc1)c1ccccc1)(c1ccccc1)c1ccccc1. The predicted molar refractivity (Wildman–Crippen MR) is 151 cm³/mol. The first kappa shape index (κ1) is 24.2. The van der Waals surface area contributed by atoms with E-state index in [2.05, 4.69) is 4.98 Å². The highest BCUT2D eigenvalue weighted by Crippen LogP contribution is 2.62. The minimum absolute atomic E-state index is 0.194. The van der Waals surface area contributed by atoms with Crippen molar-refractivity contribution in [2.24, 2.45) is 0 Å². The summed E-state index contributed by atoms with van der Waals surface area (Å²) in [5.74, 6) is 0. The van der Waals surface area contributed by atoms with Gasteiger partial charge in [0, 0.05) is 33.6 Å². The van der Waals surface area contributed by atoms with Gasteiger partial charge in [-0.2, -0.15) is 0 Å². The van der Waals surface area contributed by atoms with E-state index >= 15 is 9.13 Å². The first-order chi connectivity index (χ1) is 17.6. The summed E-state index contributed by atoms with van der Waals surface area (Å²) in [6.07, 6.45) is 1.91. The van der Waals surface area contributed by atoms with E-state index in [0.717, 1.165) is 21.2 Å². The van der Waals surface area contributed by atoms with E-state index in [-0.39, 0.29) is 6.16 Å². The van der Waals surface area contributed by atoms with Crippen molar-refractivity contribution >= 4 is 35.5 Å². The Kier molecular flexibility index (Phi) is 7.14. The Hall–Kier alpha value is -3.51. The zero-order valence-corrected chi connectivity index (χ0v) is 21.6. The van der Waals surface area contributed by atoms with E-state index in [1.54, 1.807) is 6.20 Å². The quantitative estimate of drug-likeness (QED) is 0.237. The number of pyridine rings is 1. The van der Waals surface area contributed by atoms with Crippen molar-refractivity contribution in [1.82, 2.24) is 4.98 Å². The average Bonchev–Trinajstić information content (AvgIpc) is 2.97. The molecule has 178 valence electrons. The monoisotopic (exact) mass is 507 g/mol. The normalized spacial score (nSPS) is 12.7. The molecule has 0 amide bonds. The molecule has 0 saturated heterocycles. The molecule has 36 heavy (non-hydrogen) atoms. The van der Waals surface area contributed by atoms with Crippen LogP contribution in [0.15, 0.2) is 146 Å². The van der Waals surface area contributed by atoms with E-state index in [1.165, 1.54) is 0 Å². The highest BCUT2D eigenvalue weighted by atomic mass is 31.2. The van der Waals surface area contributed by atoms with Crippen LogP contribution in [0.1, 0.15) is 11.4 Å². The second kappa shape index (κ2) is 10.6. The maximum absolute atomic E-state index is 15.5. The van der Waals surface area contributed by atoms with Crippen molar-refractivity contribution in [2.45, 2.75) is 5.66 Å². The van der Waals surface area contributed by atoms with Gasteiger partial charge in [0.1, 0.15) is 7.14 Å². The summed E-state index contributed by atoms with van der Waals surface area (Å²) in [5.41, 5.74) is 0.0929. The molecule has 0 radical (unpaired) electrons. The third kappa shape index (κ3) is 4.65. The molecule has 0 N–H and O–H groups in total. The Bertz CT molecular complexity index is 1410. The molecule has 0 aliphatic carbocycles. The molecule has 5 aromatic rings. The number of aromatic nitrogens is 1. The number of nitrogens with zero attached hydrogens (tertiary/aromatic N) is 1. The number of hydrogen-bond acceptors (Lipinski definition) is 3. The van der Waals surface area contributed by atoms with Gasteiger partial charge in [-0.25, -0.2) is 0 Å². The number of benzene rings is 4. The maximum atomic E-state index is 15.5. The Balaban J connectivity index is 1.77. The van der Waals surface area contributed by atoms with Crippen LogP contribution in [0.3, 0.4) is 0 Å². The van der Waals surface area contributed by atoms with E-state index in [1.807, 2.05) is 140 Å². The molecule has 4 aromatic carbocycles. The van der Waals surface area contributed by atoms with Gasteiger partial charge in [0.25, 0.3) is 0 Å². The van der Waals surface area contributed by atoms with Crippen molar-refractivity contribution in [3.63, 3.8) is 0 Å². The van der Waals surface area contributed by atoms with Gasteiger partial charge in [-0.3, -0.25) is 4.98 Å². The van der Waals surface area contributed by atoms with E-state index in [0.29, 0.717) is 5.69 Å². The molecule has 1 atom stereocenters. The molecule has 5 heteroatoms. The molecule has 0 fully saturated rings. The second-order valence-electron chi connectivity index (χ2n) is 8.69.